The van der Waals surface area contributed by atoms with E-state index in [1.165, 1.54) is 44.9 Å². The van der Waals surface area contributed by atoms with Gasteiger partial charge in [0, 0.05) is 15.7 Å². The smallest absolute Gasteiger partial charge is 0.150 e. The van der Waals surface area contributed by atoms with Gasteiger partial charge in [0.2, 0.25) is 0 Å². The minimum atomic E-state index is 0.0427. The molecule has 1 rings (SSSR count). The predicted molar refractivity (Wildman–Crippen MR) is 97.2 cm³/mol. The summed E-state index contributed by atoms with van der Waals surface area (Å²) in [5.41, 5.74) is 0.0427. The highest BCUT2D eigenvalue weighted by atomic mass is 127. The van der Waals surface area contributed by atoms with Crippen LogP contribution >= 0.6 is 33.9 Å². The van der Waals surface area contributed by atoms with Crippen LogP contribution in [-0.2, 0) is 5.41 Å². The van der Waals surface area contributed by atoms with Gasteiger partial charge >= 0.3 is 0 Å². The Balaban J connectivity index is 2.74. The second kappa shape index (κ2) is 9.39. The van der Waals surface area contributed by atoms with E-state index in [1.54, 1.807) is 11.3 Å². The fourth-order valence-corrected chi connectivity index (χ4v) is 4.65. The van der Waals surface area contributed by atoms with E-state index >= 15 is 0 Å². The maximum Gasteiger partial charge on any atom is 0.150 e. The molecule has 0 fully saturated rings. The van der Waals surface area contributed by atoms with E-state index in [9.17, 15) is 4.39 Å². The van der Waals surface area contributed by atoms with Gasteiger partial charge < -0.3 is 0 Å². The van der Waals surface area contributed by atoms with Crippen molar-refractivity contribution in [1.82, 2.24) is 0 Å². The van der Waals surface area contributed by atoms with Crippen molar-refractivity contribution >= 4 is 33.9 Å². The summed E-state index contributed by atoms with van der Waals surface area (Å²) in [6, 6.07) is 0. The molecule has 0 aliphatic rings. The van der Waals surface area contributed by atoms with Crippen molar-refractivity contribution in [3.8, 4) is 0 Å². The van der Waals surface area contributed by atoms with Crippen molar-refractivity contribution < 1.29 is 4.39 Å². The second-order valence-corrected chi connectivity index (χ2v) is 8.10. The molecule has 0 aliphatic carbocycles. The van der Waals surface area contributed by atoms with Gasteiger partial charge in [0.1, 0.15) is 0 Å². The highest BCUT2D eigenvalue weighted by Crippen LogP contribution is 2.41. The van der Waals surface area contributed by atoms with Gasteiger partial charge in [-0.2, -0.15) is 0 Å². The number of rotatable bonds is 10. The van der Waals surface area contributed by atoms with Gasteiger partial charge in [-0.15, -0.1) is 11.3 Å². The molecule has 0 nitrogen and oxygen atoms in total. The van der Waals surface area contributed by atoms with Crippen molar-refractivity contribution in [2.45, 2.75) is 84.0 Å². The van der Waals surface area contributed by atoms with E-state index in [-0.39, 0.29) is 11.2 Å². The number of halogens is 2. The van der Waals surface area contributed by atoms with Crippen molar-refractivity contribution in [2.75, 3.05) is 0 Å². The molecule has 1 atom stereocenters. The average Bonchev–Trinajstić information content (AvgIpc) is 2.76. The molecule has 1 heterocycles. The molecule has 0 N–H and O–H groups in total. The Bertz CT molecular complexity index is 388. The van der Waals surface area contributed by atoms with Crippen LogP contribution < -0.4 is 0 Å². The maximum absolute atomic E-state index is 14.3. The predicted octanol–water partition coefficient (Wildman–Crippen LogP) is 7.30. The van der Waals surface area contributed by atoms with Gasteiger partial charge in [-0.1, -0.05) is 65.7 Å². The molecule has 116 valence electrons. The van der Waals surface area contributed by atoms with Crippen molar-refractivity contribution in [3.05, 3.63) is 19.6 Å². The van der Waals surface area contributed by atoms with Gasteiger partial charge in [0.05, 0.1) is 3.57 Å². The monoisotopic (exact) mass is 410 g/mol. The lowest BCUT2D eigenvalue weighted by atomic mass is 9.78. The number of unbranched alkanes of at least 4 members (excludes halogenated alkanes) is 5. The molecule has 0 aliphatic heterocycles. The van der Waals surface area contributed by atoms with E-state index in [0.717, 1.165) is 21.3 Å². The number of hydrogen-bond acceptors (Lipinski definition) is 1. The first kappa shape index (κ1) is 18.4. The van der Waals surface area contributed by atoms with Crippen LogP contribution in [0.5, 0.6) is 0 Å². The normalized spacial score (nSPS) is 14.4. The van der Waals surface area contributed by atoms with Crippen molar-refractivity contribution in [3.63, 3.8) is 0 Å². The van der Waals surface area contributed by atoms with Gasteiger partial charge in [-0.25, -0.2) is 4.39 Å². The molecule has 0 saturated heterocycles. The SMILES string of the molecule is CCCCCCC(C)(CCCCC)c1scc(I)c1F. The third kappa shape index (κ3) is 5.28. The highest BCUT2D eigenvalue weighted by molar-refractivity contribution is 14.1. The summed E-state index contributed by atoms with van der Waals surface area (Å²) in [4.78, 5) is 0.995. The lowest BCUT2D eigenvalue weighted by Crippen LogP contribution is -2.22. The Labute approximate surface area is 141 Å². The Morgan fingerprint density at radius 2 is 1.60 bits per heavy atom. The van der Waals surface area contributed by atoms with Crippen molar-refractivity contribution in [2.24, 2.45) is 0 Å². The summed E-state index contributed by atoms with van der Waals surface area (Å²) in [5, 5.41) is 1.97. The van der Waals surface area contributed by atoms with E-state index in [2.05, 4.69) is 43.4 Å². The summed E-state index contributed by atoms with van der Waals surface area (Å²) in [5.74, 6) is 0.0464. The number of hydrogen-bond donors (Lipinski definition) is 0. The molecule has 0 bridgehead atoms. The Kier molecular flexibility index (Phi) is 8.64. The van der Waals surface area contributed by atoms with E-state index in [1.807, 2.05) is 5.38 Å². The summed E-state index contributed by atoms with van der Waals surface area (Å²) in [6.45, 7) is 6.74. The van der Waals surface area contributed by atoms with E-state index in [0.29, 0.717) is 0 Å². The van der Waals surface area contributed by atoms with Crippen LogP contribution in [0.25, 0.3) is 0 Å². The largest absolute Gasteiger partial charge is 0.205 e. The second-order valence-electron chi connectivity index (χ2n) is 6.06. The molecule has 0 spiro atoms. The summed E-state index contributed by atoms with van der Waals surface area (Å²) in [6.07, 6.45) is 11.0. The molecule has 1 aromatic rings. The van der Waals surface area contributed by atoms with Crippen LogP contribution in [-0.4, -0.2) is 0 Å². The third-order valence-corrected chi connectivity index (χ3v) is 6.62. The lowest BCUT2D eigenvalue weighted by molar-refractivity contribution is 0.359. The third-order valence-electron chi connectivity index (χ3n) is 4.15. The van der Waals surface area contributed by atoms with Crippen LogP contribution in [0.1, 0.15) is 83.4 Å². The van der Waals surface area contributed by atoms with E-state index < -0.39 is 0 Å². The zero-order valence-corrected chi connectivity index (χ0v) is 16.1. The fourth-order valence-electron chi connectivity index (χ4n) is 2.79. The van der Waals surface area contributed by atoms with Crippen LogP contribution in [0.4, 0.5) is 4.39 Å². The van der Waals surface area contributed by atoms with E-state index in [4.69, 9.17) is 0 Å². The first-order chi connectivity index (χ1) is 9.55. The lowest BCUT2D eigenvalue weighted by Gasteiger charge is -2.29. The molecule has 0 aromatic carbocycles. The Morgan fingerprint density at radius 1 is 1.05 bits per heavy atom. The fraction of sp³-hybridized carbons (Fsp3) is 0.765. The van der Waals surface area contributed by atoms with Gasteiger partial charge in [-0.3, -0.25) is 0 Å². The summed E-state index contributed by atoms with van der Waals surface area (Å²) in [7, 11) is 0. The first-order valence-electron chi connectivity index (χ1n) is 7.98. The average molecular weight is 410 g/mol. The minimum absolute atomic E-state index is 0.0427. The first-order valence-corrected chi connectivity index (χ1v) is 9.94. The Hall–Kier alpha value is 0.360. The van der Waals surface area contributed by atoms with Crippen LogP contribution in [0, 0.1) is 9.39 Å². The maximum atomic E-state index is 14.3. The van der Waals surface area contributed by atoms with Gasteiger partial charge in [-0.05, 0) is 35.4 Å². The van der Waals surface area contributed by atoms with Crippen LogP contribution in [0.15, 0.2) is 5.38 Å². The van der Waals surface area contributed by atoms with Gasteiger partial charge in [0.15, 0.2) is 5.82 Å². The molecule has 3 heteroatoms. The molecular weight excluding hydrogens is 382 g/mol. The molecule has 0 amide bonds. The van der Waals surface area contributed by atoms with Crippen LogP contribution in [0.3, 0.4) is 0 Å². The molecular formula is C17H28FIS. The standard InChI is InChI=1S/C17H28FIS/c1-4-6-8-10-12-17(3,11-9-7-5-2)16-15(18)14(19)13-20-16/h13H,4-12H2,1-3H3. The molecule has 0 radical (unpaired) electrons. The zero-order chi connectivity index (χ0) is 15.0. The molecule has 20 heavy (non-hydrogen) atoms. The van der Waals surface area contributed by atoms with Crippen LogP contribution in [0.2, 0.25) is 0 Å². The van der Waals surface area contributed by atoms with Crippen molar-refractivity contribution in [1.29, 1.82) is 0 Å². The number of thiophene rings is 1. The Morgan fingerprint density at radius 3 is 2.10 bits per heavy atom. The minimum Gasteiger partial charge on any atom is -0.205 e. The molecule has 1 unspecified atom stereocenters. The summed E-state index contributed by atoms with van der Waals surface area (Å²) < 4.78 is 15.1. The van der Waals surface area contributed by atoms with Gasteiger partial charge in [0.25, 0.3) is 0 Å². The quantitative estimate of drug-likeness (QED) is 0.280. The molecule has 1 aromatic heterocycles. The molecule has 0 saturated carbocycles. The topological polar surface area (TPSA) is 0 Å². The summed E-state index contributed by atoms with van der Waals surface area (Å²) >= 11 is 3.74. The highest BCUT2D eigenvalue weighted by Gasteiger charge is 2.31. The zero-order valence-electron chi connectivity index (χ0n) is 13.1.